The average Bonchev–Trinajstić information content (AvgIpc) is 2.49. The van der Waals surface area contributed by atoms with Gasteiger partial charge in [0, 0.05) is 13.1 Å². The molecule has 1 aliphatic rings. The zero-order valence-corrected chi connectivity index (χ0v) is 11.8. The van der Waals surface area contributed by atoms with Crippen molar-refractivity contribution in [2.45, 2.75) is 26.2 Å². The van der Waals surface area contributed by atoms with Crippen LogP contribution in [0.15, 0.2) is 30.3 Å². The molecule has 0 spiro atoms. The summed E-state index contributed by atoms with van der Waals surface area (Å²) in [5.74, 6) is 0.900. The summed E-state index contributed by atoms with van der Waals surface area (Å²) in [5.41, 5.74) is -0.267. The molecule has 106 valence electrons. The molecule has 0 unspecified atom stereocenters. The van der Waals surface area contributed by atoms with Crippen LogP contribution in [0.1, 0.15) is 26.2 Å². The topological polar surface area (TPSA) is 53.3 Å². The second-order valence-corrected chi connectivity index (χ2v) is 5.46. The van der Waals surface area contributed by atoms with E-state index in [4.69, 9.17) is 10.00 Å². The van der Waals surface area contributed by atoms with Crippen molar-refractivity contribution < 1.29 is 9.53 Å². The minimum atomic E-state index is -0.267. The van der Waals surface area contributed by atoms with E-state index in [-0.39, 0.29) is 11.3 Å². The lowest BCUT2D eigenvalue weighted by atomic mass is 9.82. The maximum atomic E-state index is 12.1. The Morgan fingerprint density at radius 1 is 1.35 bits per heavy atom. The van der Waals surface area contributed by atoms with Crippen molar-refractivity contribution in [3.63, 3.8) is 0 Å². The molecule has 4 heteroatoms. The Labute approximate surface area is 120 Å². The number of amides is 1. The number of hydrogen-bond acceptors (Lipinski definition) is 3. The molecule has 2 rings (SSSR count). The maximum Gasteiger partial charge on any atom is 0.225 e. The molecule has 0 aromatic heterocycles. The maximum absolute atomic E-state index is 12.1. The molecule has 1 aromatic carbocycles. The van der Waals surface area contributed by atoms with Crippen molar-refractivity contribution in [2.24, 2.45) is 5.41 Å². The largest absolute Gasteiger partial charge is 0.493 e. The number of ether oxygens (including phenoxy) is 1. The highest BCUT2D eigenvalue weighted by Crippen LogP contribution is 2.29. The molecule has 1 saturated heterocycles. The molecule has 0 bridgehead atoms. The van der Waals surface area contributed by atoms with Crippen LogP contribution in [0.4, 0.5) is 0 Å². The van der Waals surface area contributed by atoms with E-state index in [9.17, 15) is 4.79 Å². The third kappa shape index (κ3) is 3.74. The van der Waals surface area contributed by atoms with Crippen molar-refractivity contribution in [2.75, 3.05) is 19.7 Å². The zero-order chi connectivity index (χ0) is 14.4. The Hall–Kier alpha value is -2.02. The Kier molecular flexibility index (Phi) is 4.62. The normalized spacial score (nSPS) is 17.3. The Bertz CT molecular complexity index is 485. The molecule has 1 aromatic rings. The summed E-state index contributed by atoms with van der Waals surface area (Å²) in [6, 6.07) is 11.8. The molecule has 0 radical (unpaired) electrons. The van der Waals surface area contributed by atoms with Gasteiger partial charge in [-0.2, -0.15) is 5.26 Å². The molecule has 0 aliphatic carbocycles. The predicted octanol–water partition coefficient (Wildman–Crippen LogP) is 2.61. The van der Waals surface area contributed by atoms with Crippen LogP contribution in [0.5, 0.6) is 5.75 Å². The summed E-state index contributed by atoms with van der Waals surface area (Å²) in [7, 11) is 0. The minimum Gasteiger partial charge on any atom is -0.493 e. The molecular weight excluding hydrogens is 252 g/mol. The lowest BCUT2D eigenvalue weighted by Gasteiger charge is -2.34. The lowest BCUT2D eigenvalue weighted by molar-refractivity contribution is -0.133. The van der Waals surface area contributed by atoms with Gasteiger partial charge in [-0.15, -0.1) is 0 Å². The highest BCUT2D eigenvalue weighted by atomic mass is 16.5. The molecule has 4 nitrogen and oxygen atoms in total. The van der Waals surface area contributed by atoms with Gasteiger partial charge in [0.05, 0.1) is 24.5 Å². The van der Waals surface area contributed by atoms with Crippen molar-refractivity contribution in [3.8, 4) is 11.8 Å². The summed E-state index contributed by atoms with van der Waals surface area (Å²) in [4.78, 5) is 13.9. The number of nitrogens with zero attached hydrogens (tertiary/aromatic N) is 2. The SMILES string of the molecule is CC1(C#N)CCN(C(=O)CCOc2ccccc2)CC1. The number of benzene rings is 1. The van der Waals surface area contributed by atoms with E-state index in [1.165, 1.54) is 0 Å². The van der Waals surface area contributed by atoms with Gasteiger partial charge in [0.25, 0.3) is 0 Å². The van der Waals surface area contributed by atoms with Crippen LogP contribution >= 0.6 is 0 Å². The van der Waals surface area contributed by atoms with E-state index in [1.807, 2.05) is 42.2 Å². The minimum absolute atomic E-state index is 0.112. The van der Waals surface area contributed by atoms with Gasteiger partial charge in [-0.25, -0.2) is 0 Å². The zero-order valence-electron chi connectivity index (χ0n) is 11.8. The summed E-state index contributed by atoms with van der Waals surface area (Å²) in [6.45, 7) is 3.71. The Morgan fingerprint density at radius 3 is 2.60 bits per heavy atom. The molecule has 1 aliphatic heterocycles. The summed E-state index contributed by atoms with van der Waals surface area (Å²) >= 11 is 0. The molecular formula is C16H20N2O2. The Morgan fingerprint density at radius 2 is 2.00 bits per heavy atom. The van der Waals surface area contributed by atoms with Gasteiger partial charge in [0.1, 0.15) is 5.75 Å². The highest BCUT2D eigenvalue weighted by molar-refractivity contribution is 5.76. The van der Waals surface area contributed by atoms with E-state index in [2.05, 4.69) is 6.07 Å². The molecule has 20 heavy (non-hydrogen) atoms. The number of nitriles is 1. The van der Waals surface area contributed by atoms with Gasteiger partial charge in [-0.05, 0) is 31.9 Å². The fourth-order valence-electron chi connectivity index (χ4n) is 2.29. The molecule has 0 saturated carbocycles. The van der Waals surface area contributed by atoms with Crippen LogP contribution in [0.25, 0.3) is 0 Å². The van der Waals surface area contributed by atoms with Crippen molar-refractivity contribution in [3.05, 3.63) is 30.3 Å². The fraction of sp³-hybridized carbons (Fsp3) is 0.500. The van der Waals surface area contributed by atoms with Crippen LogP contribution in [0.2, 0.25) is 0 Å². The monoisotopic (exact) mass is 272 g/mol. The van der Waals surface area contributed by atoms with E-state index >= 15 is 0 Å². The van der Waals surface area contributed by atoms with Gasteiger partial charge >= 0.3 is 0 Å². The van der Waals surface area contributed by atoms with Gasteiger partial charge < -0.3 is 9.64 Å². The van der Waals surface area contributed by atoms with Crippen LogP contribution in [0, 0.1) is 16.7 Å². The smallest absolute Gasteiger partial charge is 0.225 e. The first-order valence-corrected chi connectivity index (χ1v) is 7.00. The molecule has 1 amide bonds. The number of carbonyl (C=O) groups is 1. The highest BCUT2D eigenvalue weighted by Gasteiger charge is 2.31. The van der Waals surface area contributed by atoms with Crippen molar-refractivity contribution in [1.82, 2.24) is 4.90 Å². The third-order valence-corrected chi connectivity index (χ3v) is 3.82. The van der Waals surface area contributed by atoms with Gasteiger partial charge in [0.2, 0.25) is 5.91 Å². The van der Waals surface area contributed by atoms with Gasteiger partial charge in [0.15, 0.2) is 0 Å². The van der Waals surface area contributed by atoms with E-state index in [1.54, 1.807) is 0 Å². The van der Waals surface area contributed by atoms with E-state index in [0.717, 1.165) is 18.6 Å². The average molecular weight is 272 g/mol. The number of carbonyl (C=O) groups excluding carboxylic acids is 1. The van der Waals surface area contributed by atoms with E-state index < -0.39 is 0 Å². The Balaban J connectivity index is 1.72. The molecule has 1 fully saturated rings. The number of rotatable bonds is 4. The number of piperidine rings is 1. The van der Waals surface area contributed by atoms with Gasteiger partial charge in [-0.1, -0.05) is 18.2 Å². The fourth-order valence-corrected chi connectivity index (χ4v) is 2.29. The summed E-state index contributed by atoms with van der Waals surface area (Å²) in [5, 5.41) is 9.07. The number of hydrogen-bond donors (Lipinski definition) is 0. The quantitative estimate of drug-likeness (QED) is 0.846. The summed E-state index contributed by atoms with van der Waals surface area (Å²) < 4.78 is 5.53. The third-order valence-electron chi connectivity index (χ3n) is 3.82. The second kappa shape index (κ2) is 6.42. The molecule has 0 atom stereocenters. The second-order valence-electron chi connectivity index (χ2n) is 5.46. The van der Waals surface area contributed by atoms with Crippen LogP contribution in [-0.4, -0.2) is 30.5 Å². The molecule has 1 heterocycles. The van der Waals surface area contributed by atoms with Crippen LogP contribution < -0.4 is 4.74 Å². The number of para-hydroxylation sites is 1. The predicted molar refractivity (Wildman–Crippen MR) is 76.1 cm³/mol. The number of likely N-dealkylation sites (tertiary alicyclic amines) is 1. The van der Waals surface area contributed by atoms with E-state index in [0.29, 0.717) is 26.1 Å². The van der Waals surface area contributed by atoms with Gasteiger partial charge in [-0.3, -0.25) is 4.79 Å². The van der Waals surface area contributed by atoms with Crippen LogP contribution in [0.3, 0.4) is 0 Å². The first-order valence-electron chi connectivity index (χ1n) is 7.00. The first kappa shape index (κ1) is 14.4. The first-order chi connectivity index (χ1) is 9.63. The van der Waals surface area contributed by atoms with Crippen molar-refractivity contribution >= 4 is 5.91 Å². The van der Waals surface area contributed by atoms with Crippen LogP contribution in [-0.2, 0) is 4.79 Å². The van der Waals surface area contributed by atoms with Crippen molar-refractivity contribution in [1.29, 1.82) is 5.26 Å². The lowest BCUT2D eigenvalue weighted by Crippen LogP contribution is -2.42. The molecule has 0 N–H and O–H groups in total. The standard InChI is InChI=1S/C16H20N2O2/c1-16(13-17)8-10-18(11-9-16)15(19)7-12-20-14-5-3-2-4-6-14/h2-6H,7-12H2,1H3. The summed E-state index contributed by atoms with van der Waals surface area (Å²) in [6.07, 6.45) is 1.90.